The summed E-state index contributed by atoms with van der Waals surface area (Å²) < 4.78 is 0. The molecule has 0 spiro atoms. The van der Waals surface area contributed by atoms with E-state index >= 15 is 0 Å². The lowest BCUT2D eigenvalue weighted by Gasteiger charge is -2.33. The summed E-state index contributed by atoms with van der Waals surface area (Å²) in [6.07, 6.45) is 5.62. The molecule has 0 amide bonds. The lowest BCUT2D eigenvalue weighted by molar-refractivity contribution is 0.164. The molecule has 1 fully saturated rings. The van der Waals surface area contributed by atoms with Crippen molar-refractivity contribution < 1.29 is 0 Å². The largest absolute Gasteiger partial charge is 0.0651 e. The normalized spacial score (nSPS) is 30.2. The first-order valence-corrected chi connectivity index (χ1v) is 6.06. The van der Waals surface area contributed by atoms with Gasteiger partial charge in [0.05, 0.1) is 0 Å². The van der Waals surface area contributed by atoms with E-state index in [4.69, 9.17) is 0 Å². The zero-order valence-corrected chi connectivity index (χ0v) is 10.1. The highest BCUT2D eigenvalue weighted by atomic mass is 14.5. The van der Waals surface area contributed by atoms with Gasteiger partial charge in [-0.2, -0.15) is 0 Å². The molecule has 0 saturated heterocycles. The molecule has 0 bridgehead atoms. The van der Waals surface area contributed by atoms with Crippen molar-refractivity contribution in [3.63, 3.8) is 0 Å². The summed E-state index contributed by atoms with van der Waals surface area (Å²) in [7, 11) is 0. The van der Waals surface area contributed by atoms with Crippen LogP contribution in [0.4, 0.5) is 0 Å². The van der Waals surface area contributed by atoms with Crippen LogP contribution < -0.4 is 0 Å². The molecule has 0 aromatic carbocycles. The molecule has 1 rings (SSSR count). The third-order valence-electron chi connectivity index (χ3n) is 4.37. The van der Waals surface area contributed by atoms with E-state index in [1.165, 1.54) is 25.7 Å². The first-order chi connectivity index (χ1) is 6.06. The highest BCUT2D eigenvalue weighted by Crippen LogP contribution is 2.54. The van der Waals surface area contributed by atoms with E-state index in [2.05, 4.69) is 34.6 Å². The molecule has 0 heteroatoms. The van der Waals surface area contributed by atoms with Crippen LogP contribution in [0.1, 0.15) is 60.3 Å². The summed E-state index contributed by atoms with van der Waals surface area (Å²) in [6.45, 7) is 12.0. The standard InChI is InChI=1S/C13H26/c1-6-10-9-11(10)12(7-2)13(4,5)8-3/h10-12H,6-9H2,1-5H3. The molecule has 0 aromatic rings. The van der Waals surface area contributed by atoms with Gasteiger partial charge < -0.3 is 0 Å². The molecule has 0 radical (unpaired) electrons. The van der Waals surface area contributed by atoms with E-state index in [1.54, 1.807) is 0 Å². The van der Waals surface area contributed by atoms with Crippen molar-refractivity contribution in [1.82, 2.24) is 0 Å². The quantitative estimate of drug-likeness (QED) is 0.587. The monoisotopic (exact) mass is 182 g/mol. The Morgan fingerprint density at radius 2 is 1.85 bits per heavy atom. The van der Waals surface area contributed by atoms with Crippen molar-refractivity contribution in [1.29, 1.82) is 0 Å². The maximum absolute atomic E-state index is 2.45. The fraction of sp³-hybridized carbons (Fsp3) is 1.00. The Kier molecular flexibility index (Phi) is 3.43. The molecule has 78 valence electrons. The van der Waals surface area contributed by atoms with Crippen molar-refractivity contribution in [2.24, 2.45) is 23.2 Å². The van der Waals surface area contributed by atoms with E-state index in [1.807, 2.05) is 0 Å². The first-order valence-electron chi connectivity index (χ1n) is 6.06. The average molecular weight is 182 g/mol. The Labute approximate surface area is 84.1 Å². The van der Waals surface area contributed by atoms with Crippen LogP contribution in [-0.4, -0.2) is 0 Å². The molecule has 0 heterocycles. The summed E-state index contributed by atoms with van der Waals surface area (Å²) in [5.41, 5.74) is 0.573. The van der Waals surface area contributed by atoms with Gasteiger partial charge in [-0.1, -0.05) is 53.9 Å². The molecule has 1 aliphatic rings. The Morgan fingerprint density at radius 3 is 2.15 bits per heavy atom. The van der Waals surface area contributed by atoms with Crippen molar-refractivity contribution in [2.75, 3.05) is 0 Å². The molecule has 1 aliphatic carbocycles. The van der Waals surface area contributed by atoms with Gasteiger partial charge >= 0.3 is 0 Å². The highest BCUT2D eigenvalue weighted by molar-refractivity contribution is 4.95. The van der Waals surface area contributed by atoms with Gasteiger partial charge in [-0.15, -0.1) is 0 Å². The Morgan fingerprint density at radius 1 is 1.23 bits per heavy atom. The second kappa shape index (κ2) is 4.02. The Bertz CT molecular complexity index is 157. The van der Waals surface area contributed by atoms with Gasteiger partial charge in [-0.05, 0) is 29.6 Å². The molecular weight excluding hydrogens is 156 g/mol. The van der Waals surface area contributed by atoms with Crippen LogP contribution in [0.15, 0.2) is 0 Å². The fourth-order valence-corrected chi connectivity index (χ4v) is 2.93. The van der Waals surface area contributed by atoms with E-state index in [-0.39, 0.29) is 0 Å². The van der Waals surface area contributed by atoms with Gasteiger partial charge in [0, 0.05) is 0 Å². The van der Waals surface area contributed by atoms with Crippen LogP contribution in [-0.2, 0) is 0 Å². The number of rotatable bonds is 5. The minimum absolute atomic E-state index is 0.573. The molecule has 13 heavy (non-hydrogen) atoms. The molecule has 3 atom stereocenters. The average Bonchev–Trinajstić information content (AvgIpc) is 2.85. The highest BCUT2D eigenvalue weighted by Gasteiger charge is 2.45. The van der Waals surface area contributed by atoms with Gasteiger partial charge in [0.15, 0.2) is 0 Å². The zero-order valence-electron chi connectivity index (χ0n) is 10.1. The van der Waals surface area contributed by atoms with Crippen LogP contribution in [0.2, 0.25) is 0 Å². The zero-order chi connectivity index (χ0) is 10.1. The second-order valence-electron chi connectivity index (χ2n) is 5.42. The third-order valence-corrected chi connectivity index (χ3v) is 4.37. The summed E-state index contributed by atoms with van der Waals surface area (Å²) in [4.78, 5) is 0. The lowest BCUT2D eigenvalue weighted by Crippen LogP contribution is -2.25. The summed E-state index contributed by atoms with van der Waals surface area (Å²) >= 11 is 0. The fourth-order valence-electron chi connectivity index (χ4n) is 2.93. The van der Waals surface area contributed by atoms with Gasteiger partial charge in [-0.3, -0.25) is 0 Å². The van der Waals surface area contributed by atoms with Crippen LogP contribution in [0.25, 0.3) is 0 Å². The molecule has 0 nitrogen and oxygen atoms in total. The summed E-state index contributed by atoms with van der Waals surface area (Å²) in [6, 6.07) is 0. The third kappa shape index (κ3) is 2.27. The van der Waals surface area contributed by atoms with Crippen molar-refractivity contribution in [3.8, 4) is 0 Å². The van der Waals surface area contributed by atoms with Crippen LogP contribution in [0, 0.1) is 23.2 Å². The topological polar surface area (TPSA) is 0 Å². The number of hydrogen-bond donors (Lipinski definition) is 0. The van der Waals surface area contributed by atoms with Crippen LogP contribution >= 0.6 is 0 Å². The predicted octanol–water partition coefficient (Wildman–Crippen LogP) is 4.49. The van der Waals surface area contributed by atoms with Crippen molar-refractivity contribution in [2.45, 2.75) is 60.3 Å². The second-order valence-corrected chi connectivity index (χ2v) is 5.42. The van der Waals surface area contributed by atoms with Gasteiger partial charge in [0.1, 0.15) is 0 Å². The Balaban J connectivity index is 2.54. The summed E-state index contributed by atoms with van der Waals surface area (Å²) in [5, 5.41) is 0. The molecule has 0 aromatic heterocycles. The van der Waals surface area contributed by atoms with E-state index < -0.39 is 0 Å². The minimum Gasteiger partial charge on any atom is -0.0651 e. The Hall–Kier alpha value is 0. The molecule has 0 aliphatic heterocycles. The molecular formula is C13H26. The van der Waals surface area contributed by atoms with E-state index in [0.29, 0.717) is 5.41 Å². The number of hydrogen-bond acceptors (Lipinski definition) is 0. The molecule has 0 N–H and O–H groups in total. The molecule has 3 unspecified atom stereocenters. The maximum Gasteiger partial charge on any atom is -0.0326 e. The lowest BCUT2D eigenvalue weighted by atomic mass is 9.72. The first kappa shape index (κ1) is 11.1. The van der Waals surface area contributed by atoms with E-state index in [9.17, 15) is 0 Å². The maximum atomic E-state index is 2.45. The van der Waals surface area contributed by atoms with Crippen LogP contribution in [0.5, 0.6) is 0 Å². The van der Waals surface area contributed by atoms with E-state index in [0.717, 1.165) is 17.8 Å². The smallest absolute Gasteiger partial charge is 0.0326 e. The van der Waals surface area contributed by atoms with Gasteiger partial charge in [-0.25, -0.2) is 0 Å². The van der Waals surface area contributed by atoms with Crippen molar-refractivity contribution in [3.05, 3.63) is 0 Å². The van der Waals surface area contributed by atoms with Crippen molar-refractivity contribution >= 4 is 0 Å². The molecule has 1 saturated carbocycles. The van der Waals surface area contributed by atoms with Gasteiger partial charge in [0.2, 0.25) is 0 Å². The van der Waals surface area contributed by atoms with Gasteiger partial charge in [0.25, 0.3) is 0 Å². The SMILES string of the molecule is CCC1CC1C(CC)C(C)(C)CC. The van der Waals surface area contributed by atoms with Crippen LogP contribution in [0.3, 0.4) is 0 Å². The predicted molar refractivity (Wildman–Crippen MR) is 59.7 cm³/mol. The minimum atomic E-state index is 0.573. The summed E-state index contributed by atoms with van der Waals surface area (Å²) in [5.74, 6) is 3.10.